The molecule has 6 nitrogen and oxygen atoms in total. The van der Waals surface area contributed by atoms with Gasteiger partial charge in [0.2, 0.25) is 10.0 Å². The molecule has 1 aromatic heterocycles. The van der Waals surface area contributed by atoms with Crippen LogP contribution in [0, 0.1) is 6.92 Å². The molecule has 1 heterocycles. The lowest BCUT2D eigenvalue weighted by Gasteiger charge is -2.14. The number of rotatable bonds is 6. The van der Waals surface area contributed by atoms with Crippen molar-refractivity contribution >= 4 is 21.4 Å². The van der Waals surface area contributed by atoms with Gasteiger partial charge in [-0.3, -0.25) is 0 Å². The fourth-order valence-electron chi connectivity index (χ4n) is 1.84. The Morgan fingerprint density at radius 1 is 1.33 bits per heavy atom. The first kappa shape index (κ1) is 16.0. The molecule has 0 aliphatic rings. The van der Waals surface area contributed by atoms with Crippen LogP contribution in [0.3, 0.4) is 0 Å². The molecular formula is C13H18N4O2S2. The maximum atomic E-state index is 11.8. The summed E-state index contributed by atoms with van der Waals surface area (Å²) in [6.07, 6.45) is 0. The molecule has 0 spiro atoms. The zero-order chi connectivity index (χ0) is 15.5. The Morgan fingerprint density at radius 3 is 2.71 bits per heavy atom. The van der Waals surface area contributed by atoms with E-state index in [2.05, 4.69) is 20.2 Å². The highest BCUT2D eigenvalue weighted by atomic mass is 32.2. The van der Waals surface area contributed by atoms with Gasteiger partial charge in [0.05, 0.1) is 11.4 Å². The lowest BCUT2D eigenvalue weighted by Crippen LogP contribution is -2.21. The van der Waals surface area contributed by atoms with E-state index in [9.17, 15) is 8.42 Å². The van der Waals surface area contributed by atoms with Gasteiger partial charge < -0.3 is 5.32 Å². The van der Waals surface area contributed by atoms with Crippen molar-refractivity contribution in [3.63, 3.8) is 0 Å². The van der Waals surface area contributed by atoms with E-state index in [1.165, 1.54) is 7.05 Å². The Hall–Kier alpha value is -1.35. The molecular weight excluding hydrogens is 308 g/mol. The highest BCUT2D eigenvalue weighted by molar-refractivity contribution is 7.89. The Kier molecular flexibility index (Phi) is 5.04. The van der Waals surface area contributed by atoms with E-state index in [1.807, 2.05) is 19.9 Å². The van der Waals surface area contributed by atoms with Crippen LogP contribution in [0.4, 0.5) is 0 Å². The van der Waals surface area contributed by atoms with Gasteiger partial charge in [-0.25, -0.2) is 13.1 Å². The van der Waals surface area contributed by atoms with Crippen LogP contribution in [0.25, 0.3) is 0 Å². The molecule has 0 unspecified atom stereocenters. The predicted octanol–water partition coefficient (Wildman–Crippen LogP) is 1.61. The van der Waals surface area contributed by atoms with E-state index < -0.39 is 10.0 Å². The fourth-order valence-corrected chi connectivity index (χ4v) is 3.28. The van der Waals surface area contributed by atoms with Gasteiger partial charge in [-0.1, -0.05) is 12.1 Å². The van der Waals surface area contributed by atoms with Crippen LogP contribution in [0.1, 0.15) is 28.5 Å². The van der Waals surface area contributed by atoms with Crippen LogP contribution in [0.5, 0.6) is 0 Å². The van der Waals surface area contributed by atoms with Crippen molar-refractivity contribution in [1.82, 2.24) is 20.2 Å². The van der Waals surface area contributed by atoms with E-state index in [4.69, 9.17) is 0 Å². The third kappa shape index (κ3) is 4.07. The third-order valence-corrected chi connectivity index (χ3v) is 5.32. The average Bonchev–Trinajstić information content (AvgIpc) is 2.90. The minimum absolute atomic E-state index is 0.0150. The molecule has 21 heavy (non-hydrogen) atoms. The molecule has 8 heteroatoms. The normalized spacial score (nSPS) is 13.3. The number of benzene rings is 1. The Labute approximate surface area is 128 Å². The van der Waals surface area contributed by atoms with Gasteiger partial charge in [-0.05, 0) is 38.6 Å². The minimum Gasteiger partial charge on any atom is -0.304 e. The molecule has 1 atom stereocenters. The minimum atomic E-state index is -3.42. The van der Waals surface area contributed by atoms with Crippen molar-refractivity contribution in [2.45, 2.75) is 31.3 Å². The maximum Gasteiger partial charge on any atom is 0.240 e. The standard InChI is InChI=1S/C13H18N4O2S2/c1-9(15-8-13-17-16-10(2)20-13)11-5-4-6-12(7-11)21(18,19)14-3/h4-7,9,14-15H,8H2,1-3H3/t9-/m0/s1. The van der Waals surface area contributed by atoms with Crippen molar-refractivity contribution < 1.29 is 8.42 Å². The van der Waals surface area contributed by atoms with E-state index in [1.54, 1.807) is 29.5 Å². The van der Waals surface area contributed by atoms with Crippen LogP contribution < -0.4 is 10.0 Å². The van der Waals surface area contributed by atoms with Gasteiger partial charge in [0.15, 0.2) is 0 Å². The summed E-state index contributed by atoms with van der Waals surface area (Å²) in [5.74, 6) is 0. The topological polar surface area (TPSA) is 84.0 Å². The second kappa shape index (κ2) is 6.61. The molecule has 0 amide bonds. The highest BCUT2D eigenvalue weighted by Gasteiger charge is 2.14. The molecule has 2 rings (SSSR count). The lowest BCUT2D eigenvalue weighted by atomic mass is 10.1. The molecule has 0 saturated carbocycles. The number of hydrogen-bond acceptors (Lipinski definition) is 6. The second-order valence-electron chi connectivity index (χ2n) is 4.60. The first-order valence-electron chi connectivity index (χ1n) is 6.48. The number of nitrogens with one attached hydrogen (secondary N) is 2. The van der Waals surface area contributed by atoms with Gasteiger partial charge >= 0.3 is 0 Å². The monoisotopic (exact) mass is 326 g/mol. The van der Waals surface area contributed by atoms with Crippen LogP contribution in [-0.4, -0.2) is 25.7 Å². The number of hydrogen-bond donors (Lipinski definition) is 2. The highest BCUT2D eigenvalue weighted by Crippen LogP contribution is 2.18. The van der Waals surface area contributed by atoms with Crippen molar-refractivity contribution in [2.75, 3.05) is 7.05 Å². The molecule has 0 aliphatic heterocycles. The summed E-state index contributed by atoms with van der Waals surface area (Å²) in [6, 6.07) is 6.91. The number of aromatic nitrogens is 2. The van der Waals surface area contributed by atoms with Crippen LogP contribution >= 0.6 is 11.3 Å². The predicted molar refractivity (Wildman–Crippen MR) is 82.6 cm³/mol. The van der Waals surface area contributed by atoms with E-state index in [0.29, 0.717) is 6.54 Å². The summed E-state index contributed by atoms with van der Waals surface area (Å²) in [7, 11) is -2.01. The SMILES string of the molecule is CNS(=O)(=O)c1cccc([C@H](C)NCc2nnc(C)s2)c1. The average molecular weight is 326 g/mol. The van der Waals surface area contributed by atoms with Crippen molar-refractivity contribution in [2.24, 2.45) is 0 Å². The van der Waals surface area contributed by atoms with Crippen molar-refractivity contribution in [1.29, 1.82) is 0 Å². The number of aryl methyl sites for hydroxylation is 1. The molecule has 114 valence electrons. The van der Waals surface area contributed by atoms with Gasteiger partial charge in [0.25, 0.3) is 0 Å². The summed E-state index contributed by atoms with van der Waals surface area (Å²) in [5, 5.41) is 13.2. The van der Waals surface area contributed by atoms with Gasteiger partial charge in [-0.15, -0.1) is 21.5 Å². The molecule has 2 N–H and O–H groups in total. The molecule has 2 aromatic rings. The summed E-state index contributed by atoms with van der Waals surface area (Å²) >= 11 is 1.55. The van der Waals surface area contributed by atoms with E-state index in [0.717, 1.165) is 15.6 Å². The van der Waals surface area contributed by atoms with Gasteiger partial charge in [0, 0.05) is 6.04 Å². The molecule has 0 aliphatic carbocycles. The molecule has 0 radical (unpaired) electrons. The lowest BCUT2D eigenvalue weighted by molar-refractivity contribution is 0.568. The van der Waals surface area contributed by atoms with Crippen LogP contribution in [0.15, 0.2) is 29.2 Å². The second-order valence-corrected chi connectivity index (χ2v) is 7.75. The van der Waals surface area contributed by atoms with Crippen LogP contribution in [0.2, 0.25) is 0 Å². The Bertz CT molecular complexity index is 712. The molecule has 0 fully saturated rings. The largest absolute Gasteiger partial charge is 0.304 e. The maximum absolute atomic E-state index is 11.8. The summed E-state index contributed by atoms with van der Waals surface area (Å²) in [6.45, 7) is 4.51. The number of nitrogens with zero attached hydrogens (tertiary/aromatic N) is 2. The Balaban J connectivity index is 2.09. The Morgan fingerprint density at radius 2 is 2.10 bits per heavy atom. The van der Waals surface area contributed by atoms with Gasteiger partial charge in [-0.2, -0.15) is 0 Å². The van der Waals surface area contributed by atoms with E-state index >= 15 is 0 Å². The fraction of sp³-hybridized carbons (Fsp3) is 0.385. The summed E-state index contributed by atoms with van der Waals surface area (Å²) < 4.78 is 25.9. The van der Waals surface area contributed by atoms with E-state index in [-0.39, 0.29) is 10.9 Å². The first-order valence-corrected chi connectivity index (χ1v) is 8.78. The zero-order valence-electron chi connectivity index (χ0n) is 12.1. The van der Waals surface area contributed by atoms with Crippen LogP contribution in [-0.2, 0) is 16.6 Å². The first-order chi connectivity index (χ1) is 9.92. The molecule has 0 bridgehead atoms. The number of sulfonamides is 1. The zero-order valence-corrected chi connectivity index (χ0v) is 13.8. The summed E-state index contributed by atoms with van der Waals surface area (Å²) in [5.41, 5.74) is 0.910. The quantitative estimate of drug-likeness (QED) is 0.842. The van der Waals surface area contributed by atoms with Crippen molar-refractivity contribution in [3.8, 4) is 0 Å². The molecule has 1 aromatic carbocycles. The van der Waals surface area contributed by atoms with Gasteiger partial charge in [0.1, 0.15) is 10.0 Å². The summed E-state index contributed by atoms with van der Waals surface area (Å²) in [4.78, 5) is 0.267. The molecule has 0 saturated heterocycles. The smallest absolute Gasteiger partial charge is 0.240 e. The third-order valence-electron chi connectivity index (χ3n) is 3.06. The van der Waals surface area contributed by atoms with Crippen molar-refractivity contribution in [3.05, 3.63) is 39.8 Å².